The van der Waals surface area contributed by atoms with Crippen molar-refractivity contribution in [1.29, 1.82) is 0 Å². The first-order chi connectivity index (χ1) is 7.42. The molecule has 0 unspecified atom stereocenters. The maximum Gasteiger partial charge on any atom is 0.0881 e. The first-order valence-electron chi connectivity index (χ1n) is 5.15. The number of rotatable bonds is 3. The van der Waals surface area contributed by atoms with Crippen LogP contribution < -0.4 is 0 Å². The minimum atomic E-state index is 0.795. The Balaban J connectivity index is 2.42. The number of aromatic amines is 1. The summed E-state index contributed by atoms with van der Waals surface area (Å²) >= 11 is 0. The van der Waals surface area contributed by atoms with E-state index in [2.05, 4.69) is 22.1 Å². The third-order valence-corrected chi connectivity index (χ3v) is 2.22. The van der Waals surface area contributed by atoms with Gasteiger partial charge >= 0.3 is 0 Å². The molecule has 2 nitrogen and oxygen atoms in total. The number of aliphatic imine (C=N–C) groups is 1. The zero-order valence-electron chi connectivity index (χ0n) is 8.77. The number of hydrogen-bond donors (Lipinski definition) is 1. The van der Waals surface area contributed by atoms with Gasteiger partial charge in [0.1, 0.15) is 0 Å². The monoisotopic (exact) mass is 198 g/mol. The average Bonchev–Trinajstić information content (AvgIpc) is 2.80. The molecule has 2 aromatic rings. The maximum absolute atomic E-state index is 4.52. The molecule has 0 saturated heterocycles. The number of nitrogens with zero attached hydrogens (tertiary/aromatic N) is 1. The Hall–Kier alpha value is -1.83. The molecule has 1 aromatic heterocycles. The molecule has 0 bridgehead atoms. The molecule has 0 aliphatic heterocycles. The highest BCUT2D eigenvalue weighted by Gasteiger charge is 2.05. The minimum absolute atomic E-state index is 0.795. The molecular formula is C13H14N2. The van der Waals surface area contributed by atoms with Crippen molar-refractivity contribution in [2.45, 2.75) is 6.92 Å². The molecule has 1 aromatic carbocycles. The first-order valence-corrected chi connectivity index (χ1v) is 5.15. The fourth-order valence-corrected chi connectivity index (χ4v) is 1.56. The Morgan fingerprint density at radius 1 is 1.13 bits per heavy atom. The van der Waals surface area contributed by atoms with E-state index in [4.69, 9.17) is 0 Å². The highest BCUT2D eigenvalue weighted by Crippen LogP contribution is 2.08. The van der Waals surface area contributed by atoms with E-state index < -0.39 is 0 Å². The second-order valence-corrected chi connectivity index (χ2v) is 3.27. The van der Waals surface area contributed by atoms with E-state index in [1.165, 1.54) is 0 Å². The van der Waals surface area contributed by atoms with Crippen molar-refractivity contribution < 1.29 is 0 Å². The van der Waals surface area contributed by atoms with Gasteiger partial charge in [0.05, 0.1) is 11.4 Å². The van der Waals surface area contributed by atoms with Gasteiger partial charge < -0.3 is 4.98 Å². The van der Waals surface area contributed by atoms with Crippen LogP contribution in [0.1, 0.15) is 18.2 Å². The summed E-state index contributed by atoms with van der Waals surface area (Å²) < 4.78 is 0. The molecule has 0 amide bonds. The summed E-state index contributed by atoms with van der Waals surface area (Å²) in [5.74, 6) is 0. The predicted molar refractivity (Wildman–Crippen MR) is 63.4 cm³/mol. The van der Waals surface area contributed by atoms with Crippen LogP contribution in [0.4, 0.5) is 0 Å². The van der Waals surface area contributed by atoms with Crippen molar-refractivity contribution in [1.82, 2.24) is 4.98 Å². The van der Waals surface area contributed by atoms with Crippen LogP contribution in [-0.2, 0) is 0 Å². The van der Waals surface area contributed by atoms with Crippen molar-refractivity contribution >= 4 is 5.71 Å². The molecular weight excluding hydrogens is 184 g/mol. The molecule has 15 heavy (non-hydrogen) atoms. The van der Waals surface area contributed by atoms with E-state index in [1.807, 2.05) is 43.5 Å². The largest absolute Gasteiger partial charge is 0.360 e. The van der Waals surface area contributed by atoms with Crippen LogP contribution in [0.15, 0.2) is 53.7 Å². The van der Waals surface area contributed by atoms with Gasteiger partial charge in [-0.05, 0) is 19.1 Å². The lowest BCUT2D eigenvalue weighted by Gasteiger charge is -2.04. The Labute approximate surface area is 89.7 Å². The highest BCUT2D eigenvalue weighted by molar-refractivity contribution is 6.11. The Kier molecular flexibility index (Phi) is 2.98. The van der Waals surface area contributed by atoms with Gasteiger partial charge in [0.25, 0.3) is 0 Å². The van der Waals surface area contributed by atoms with E-state index in [0.717, 1.165) is 23.5 Å². The number of hydrogen-bond acceptors (Lipinski definition) is 1. The topological polar surface area (TPSA) is 28.1 Å². The van der Waals surface area contributed by atoms with E-state index in [-0.39, 0.29) is 0 Å². The molecule has 0 atom stereocenters. The molecule has 1 heterocycles. The zero-order chi connectivity index (χ0) is 10.5. The van der Waals surface area contributed by atoms with Crippen molar-refractivity contribution in [3.8, 4) is 0 Å². The molecule has 0 radical (unpaired) electrons. The van der Waals surface area contributed by atoms with Crippen molar-refractivity contribution in [3.63, 3.8) is 0 Å². The predicted octanol–water partition coefficient (Wildman–Crippen LogP) is 2.87. The van der Waals surface area contributed by atoms with E-state index in [1.54, 1.807) is 0 Å². The SMILES string of the molecule is CCN=C(c1ccccc1)c1ccc[nH]1. The van der Waals surface area contributed by atoms with Gasteiger partial charge in [-0.15, -0.1) is 0 Å². The highest BCUT2D eigenvalue weighted by atomic mass is 14.8. The number of nitrogens with one attached hydrogen (secondary N) is 1. The summed E-state index contributed by atoms with van der Waals surface area (Å²) in [6.07, 6.45) is 1.92. The molecule has 2 heteroatoms. The van der Waals surface area contributed by atoms with Crippen LogP contribution in [-0.4, -0.2) is 17.2 Å². The molecule has 0 fully saturated rings. The number of benzene rings is 1. The molecule has 0 saturated carbocycles. The minimum Gasteiger partial charge on any atom is -0.360 e. The maximum atomic E-state index is 4.52. The molecule has 76 valence electrons. The van der Waals surface area contributed by atoms with Crippen LogP contribution >= 0.6 is 0 Å². The van der Waals surface area contributed by atoms with Crippen molar-refractivity contribution in [3.05, 3.63) is 59.9 Å². The molecule has 2 rings (SSSR count). The molecule has 0 spiro atoms. The summed E-state index contributed by atoms with van der Waals surface area (Å²) in [5.41, 5.74) is 3.26. The van der Waals surface area contributed by atoms with Crippen molar-refractivity contribution in [2.75, 3.05) is 6.54 Å². The second kappa shape index (κ2) is 4.60. The number of H-pyrrole nitrogens is 1. The lowest BCUT2D eigenvalue weighted by molar-refractivity contribution is 1.12. The van der Waals surface area contributed by atoms with Crippen LogP contribution in [0.25, 0.3) is 0 Å². The van der Waals surface area contributed by atoms with Crippen LogP contribution in [0, 0.1) is 0 Å². The van der Waals surface area contributed by atoms with Crippen molar-refractivity contribution in [2.24, 2.45) is 4.99 Å². The normalized spacial score (nSPS) is 11.7. The van der Waals surface area contributed by atoms with Gasteiger partial charge in [0.2, 0.25) is 0 Å². The third-order valence-electron chi connectivity index (χ3n) is 2.22. The quantitative estimate of drug-likeness (QED) is 0.735. The standard InChI is InChI=1S/C13H14N2/c1-2-14-13(12-9-6-10-15-12)11-7-4-3-5-8-11/h3-10,15H,2H2,1H3. The fraction of sp³-hybridized carbons (Fsp3) is 0.154. The zero-order valence-corrected chi connectivity index (χ0v) is 8.77. The van der Waals surface area contributed by atoms with Gasteiger partial charge in [0.15, 0.2) is 0 Å². The van der Waals surface area contributed by atoms with E-state index >= 15 is 0 Å². The second-order valence-electron chi connectivity index (χ2n) is 3.27. The lowest BCUT2D eigenvalue weighted by atomic mass is 10.1. The summed E-state index contributed by atoms with van der Waals surface area (Å²) in [7, 11) is 0. The Morgan fingerprint density at radius 3 is 2.53 bits per heavy atom. The molecule has 1 N–H and O–H groups in total. The van der Waals surface area contributed by atoms with E-state index in [0.29, 0.717) is 0 Å². The van der Waals surface area contributed by atoms with Crippen LogP contribution in [0.5, 0.6) is 0 Å². The van der Waals surface area contributed by atoms with Gasteiger partial charge in [-0.25, -0.2) is 0 Å². The van der Waals surface area contributed by atoms with Crippen LogP contribution in [0.3, 0.4) is 0 Å². The molecule has 0 aliphatic carbocycles. The summed E-state index contributed by atoms with van der Waals surface area (Å²) in [4.78, 5) is 7.71. The summed E-state index contributed by atoms with van der Waals surface area (Å²) in [5, 5.41) is 0. The summed E-state index contributed by atoms with van der Waals surface area (Å²) in [6.45, 7) is 2.84. The van der Waals surface area contributed by atoms with Gasteiger partial charge in [-0.1, -0.05) is 30.3 Å². The molecule has 0 aliphatic rings. The van der Waals surface area contributed by atoms with Crippen LogP contribution in [0.2, 0.25) is 0 Å². The Morgan fingerprint density at radius 2 is 1.93 bits per heavy atom. The first kappa shape index (κ1) is 9.71. The average molecular weight is 198 g/mol. The van der Waals surface area contributed by atoms with Gasteiger partial charge in [-0.2, -0.15) is 0 Å². The van der Waals surface area contributed by atoms with Gasteiger partial charge in [0, 0.05) is 18.3 Å². The third kappa shape index (κ3) is 2.15. The fourth-order valence-electron chi connectivity index (χ4n) is 1.56. The smallest absolute Gasteiger partial charge is 0.0881 e. The number of aromatic nitrogens is 1. The van der Waals surface area contributed by atoms with E-state index in [9.17, 15) is 0 Å². The lowest BCUT2D eigenvalue weighted by Crippen LogP contribution is -2.04. The Bertz CT molecular complexity index is 427. The summed E-state index contributed by atoms with van der Waals surface area (Å²) in [6, 6.07) is 14.3. The van der Waals surface area contributed by atoms with Gasteiger partial charge in [-0.3, -0.25) is 4.99 Å².